The normalized spacial score (nSPS) is 23.7. The van der Waals surface area contributed by atoms with Crippen molar-refractivity contribution < 1.29 is 48.0 Å². The third kappa shape index (κ3) is 8.69. The van der Waals surface area contributed by atoms with Gasteiger partial charge in [0.2, 0.25) is 5.91 Å². The van der Waals surface area contributed by atoms with Crippen molar-refractivity contribution in [1.82, 2.24) is 10.6 Å². The van der Waals surface area contributed by atoms with Gasteiger partial charge in [0.05, 0.1) is 29.7 Å². The number of ether oxygens (including phenoxy) is 4. The Bertz CT molecular complexity index is 1450. The van der Waals surface area contributed by atoms with Crippen LogP contribution in [0.1, 0.15) is 31.1 Å². The van der Waals surface area contributed by atoms with Crippen LogP contribution in [0, 0.1) is 0 Å². The predicted octanol–water partition coefficient (Wildman–Crippen LogP) is 2.19. The smallest absolute Gasteiger partial charge is 0.367 e. The summed E-state index contributed by atoms with van der Waals surface area (Å²) in [6.45, 7) is 2.82. The second-order valence-electron chi connectivity index (χ2n) is 9.97. The van der Waals surface area contributed by atoms with Crippen molar-refractivity contribution >= 4 is 52.3 Å². The van der Waals surface area contributed by atoms with Crippen molar-refractivity contribution in [1.29, 1.82) is 0 Å². The van der Waals surface area contributed by atoms with Gasteiger partial charge in [0.15, 0.2) is 12.2 Å². The fourth-order valence-electron chi connectivity index (χ4n) is 4.85. The lowest BCUT2D eigenvalue weighted by Gasteiger charge is -2.49. The van der Waals surface area contributed by atoms with E-state index in [0.717, 1.165) is 39.0 Å². The Kier molecular flexibility index (Phi) is 12.3. The van der Waals surface area contributed by atoms with Gasteiger partial charge in [0.25, 0.3) is 11.7 Å². The number of amides is 2. The van der Waals surface area contributed by atoms with Crippen LogP contribution in [0.5, 0.6) is 0 Å². The molecule has 1 aliphatic rings. The summed E-state index contributed by atoms with van der Waals surface area (Å²) in [5.74, 6) is -6.98. The Morgan fingerprint density at radius 2 is 1.62 bits per heavy atom. The van der Waals surface area contributed by atoms with Crippen molar-refractivity contribution in [3.05, 3.63) is 70.6 Å². The molecule has 2 aromatic rings. The van der Waals surface area contributed by atoms with Crippen molar-refractivity contribution in [2.75, 3.05) is 13.7 Å². The molecule has 0 aliphatic carbocycles. The number of benzene rings is 2. The summed E-state index contributed by atoms with van der Waals surface area (Å²) in [5, 5.41) is 20.2. The number of aliphatic hydroxyl groups is 1. The highest BCUT2D eigenvalue weighted by molar-refractivity contribution is 14.1. The van der Waals surface area contributed by atoms with Gasteiger partial charge >= 0.3 is 17.9 Å². The van der Waals surface area contributed by atoms with Gasteiger partial charge in [-0.05, 0) is 28.8 Å². The SMILES string of the molecule is COC(=O)[C@@]1(O)OC([C@H](OC(C)=O)[C@@H](CNC(=O)c2ccc(-c3ccccc3)cc2)OC(C)=O)[C@H](NC(C)=O)C(N=[N+]=[N-])[C@@H]1I. The monoisotopic (exact) mass is 737 g/mol. The number of azide groups is 1. The minimum absolute atomic E-state index is 0.265. The number of alkyl halides is 1. The number of esters is 3. The van der Waals surface area contributed by atoms with Crippen LogP contribution in [-0.2, 0) is 38.1 Å². The van der Waals surface area contributed by atoms with E-state index in [-0.39, 0.29) is 5.56 Å². The molecular weight excluding hydrogens is 705 g/mol. The van der Waals surface area contributed by atoms with Gasteiger partial charge in [0.1, 0.15) is 6.10 Å². The largest absolute Gasteiger partial charge is 0.465 e. The lowest BCUT2D eigenvalue weighted by Crippen LogP contribution is -2.72. The van der Waals surface area contributed by atoms with E-state index in [1.807, 2.05) is 30.3 Å². The molecular formula is C29H32IN5O10. The second kappa shape index (κ2) is 15.7. The summed E-state index contributed by atoms with van der Waals surface area (Å²) < 4.78 is 20.1. The van der Waals surface area contributed by atoms with Crippen molar-refractivity contribution in [3.63, 3.8) is 0 Å². The van der Waals surface area contributed by atoms with Crippen LogP contribution in [0.3, 0.4) is 0 Å². The summed E-state index contributed by atoms with van der Waals surface area (Å²) in [6, 6.07) is 13.5. The van der Waals surface area contributed by atoms with Crippen LogP contribution in [0.4, 0.5) is 0 Å². The highest BCUT2D eigenvalue weighted by atomic mass is 127. The quantitative estimate of drug-likeness (QED) is 0.0581. The lowest BCUT2D eigenvalue weighted by molar-refractivity contribution is -0.279. The summed E-state index contributed by atoms with van der Waals surface area (Å²) in [6.07, 6.45) is -4.82. The number of nitrogens with one attached hydrogen (secondary N) is 2. The zero-order valence-corrected chi connectivity index (χ0v) is 26.9. The van der Waals surface area contributed by atoms with E-state index in [1.165, 1.54) is 0 Å². The Labute approximate surface area is 271 Å². The first kappa shape index (κ1) is 35.2. The molecule has 240 valence electrons. The number of hydrogen-bond donors (Lipinski definition) is 3. The molecule has 2 amide bonds. The number of halogens is 1. The molecule has 16 heteroatoms. The van der Waals surface area contributed by atoms with Crippen LogP contribution in [-0.4, -0.2) is 88.6 Å². The maximum absolute atomic E-state index is 13.1. The Morgan fingerprint density at radius 3 is 2.16 bits per heavy atom. The molecule has 1 aliphatic heterocycles. The number of nitrogens with zero attached hydrogens (tertiary/aromatic N) is 3. The van der Waals surface area contributed by atoms with Crippen LogP contribution in [0.15, 0.2) is 59.7 Å². The molecule has 1 heterocycles. The van der Waals surface area contributed by atoms with Crippen LogP contribution in [0.25, 0.3) is 21.6 Å². The number of methoxy groups -OCH3 is 1. The molecule has 7 atom stereocenters. The molecule has 3 rings (SSSR count). The summed E-state index contributed by atoms with van der Waals surface area (Å²) in [7, 11) is 0.984. The first-order valence-corrected chi connectivity index (χ1v) is 14.8. The van der Waals surface area contributed by atoms with E-state index < -0.39 is 76.4 Å². The summed E-state index contributed by atoms with van der Waals surface area (Å²) in [4.78, 5) is 65.4. The van der Waals surface area contributed by atoms with Gasteiger partial charge < -0.3 is 34.7 Å². The van der Waals surface area contributed by atoms with Gasteiger partial charge in [-0.1, -0.05) is 70.2 Å². The van der Waals surface area contributed by atoms with Gasteiger partial charge in [-0.25, -0.2) is 4.79 Å². The number of carbonyl (C=O) groups excluding carboxylic acids is 5. The van der Waals surface area contributed by atoms with E-state index >= 15 is 0 Å². The van der Waals surface area contributed by atoms with E-state index in [4.69, 9.17) is 18.9 Å². The molecule has 0 radical (unpaired) electrons. The fourth-order valence-corrected chi connectivity index (χ4v) is 5.84. The molecule has 0 bridgehead atoms. The van der Waals surface area contributed by atoms with Gasteiger partial charge in [-0.2, -0.15) is 0 Å². The predicted molar refractivity (Wildman–Crippen MR) is 166 cm³/mol. The maximum Gasteiger partial charge on any atom is 0.367 e. The Morgan fingerprint density at radius 1 is 1.02 bits per heavy atom. The number of carbonyl (C=O) groups is 5. The first-order chi connectivity index (χ1) is 21.3. The van der Waals surface area contributed by atoms with Gasteiger partial charge in [-0.15, -0.1) is 0 Å². The Hall–Kier alpha value is -4.25. The molecule has 3 N–H and O–H groups in total. The standard InChI is InChI=1S/C29H32IN5O10/c1-15(36)33-22-23(34-35-31)26(30)29(41,28(40)42-4)45-25(22)24(44-17(3)38)21(43-16(2)37)14-32-27(39)20-12-10-19(11-13-20)18-8-6-5-7-9-18/h5-13,21-26,41H,14H2,1-4H3,(H,32,39)(H,33,36)/t21-,22-,23?,24-,25?,26+,29+/m1/s1. The van der Waals surface area contributed by atoms with E-state index in [2.05, 4.69) is 20.7 Å². The Balaban J connectivity index is 1.99. The van der Waals surface area contributed by atoms with Crippen molar-refractivity contribution in [3.8, 4) is 11.1 Å². The summed E-state index contributed by atoms with van der Waals surface area (Å²) in [5.41, 5.74) is 11.4. The van der Waals surface area contributed by atoms with Crippen LogP contribution >= 0.6 is 22.6 Å². The molecule has 2 unspecified atom stereocenters. The van der Waals surface area contributed by atoms with Gasteiger partial charge in [0, 0.05) is 31.2 Å². The molecule has 1 saturated heterocycles. The molecule has 2 aromatic carbocycles. The highest BCUT2D eigenvalue weighted by Gasteiger charge is 2.61. The molecule has 0 saturated carbocycles. The lowest BCUT2D eigenvalue weighted by atomic mass is 9.86. The summed E-state index contributed by atoms with van der Waals surface area (Å²) >= 11 is 1.61. The third-order valence-electron chi connectivity index (χ3n) is 6.77. The fraction of sp³-hybridized carbons (Fsp3) is 0.414. The molecule has 45 heavy (non-hydrogen) atoms. The minimum atomic E-state index is -2.77. The van der Waals surface area contributed by atoms with Crippen LogP contribution < -0.4 is 10.6 Å². The van der Waals surface area contributed by atoms with Crippen LogP contribution in [0.2, 0.25) is 0 Å². The topological polar surface area (TPSA) is 215 Å². The van der Waals surface area contributed by atoms with E-state index in [0.29, 0.717) is 0 Å². The third-order valence-corrected chi connectivity index (χ3v) is 8.35. The minimum Gasteiger partial charge on any atom is -0.465 e. The van der Waals surface area contributed by atoms with E-state index in [9.17, 15) is 34.6 Å². The number of rotatable bonds is 11. The van der Waals surface area contributed by atoms with Gasteiger partial charge in [-0.3, -0.25) is 19.2 Å². The zero-order chi connectivity index (χ0) is 33.3. The zero-order valence-electron chi connectivity index (χ0n) is 24.7. The molecule has 1 fully saturated rings. The first-order valence-electron chi connectivity index (χ1n) is 13.5. The maximum atomic E-state index is 13.1. The van der Waals surface area contributed by atoms with Crippen molar-refractivity contribution in [2.24, 2.45) is 5.11 Å². The molecule has 15 nitrogen and oxygen atoms in total. The second-order valence-corrected chi connectivity index (χ2v) is 11.3. The highest BCUT2D eigenvalue weighted by Crippen LogP contribution is 2.39. The average molecular weight is 738 g/mol. The molecule has 0 spiro atoms. The van der Waals surface area contributed by atoms with E-state index in [1.54, 1.807) is 46.9 Å². The number of hydrogen-bond acceptors (Lipinski definition) is 11. The van der Waals surface area contributed by atoms with Crippen molar-refractivity contribution in [2.45, 2.75) is 60.9 Å². The average Bonchev–Trinajstić information content (AvgIpc) is 3.01. The molecule has 0 aromatic heterocycles.